The maximum Gasteiger partial charge on any atom is 0.266 e. The molecule has 32 heavy (non-hydrogen) atoms. The predicted octanol–water partition coefficient (Wildman–Crippen LogP) is 2.70. The zero-order chi connectivity index (χ0) is 22.7. The predicted molar refractivity (Wildman–Crippen MR) is 123 cm³/mol. The topological polar surface area (TPSA) is 84.3 Å². The van der Waals surface area contributed by atoms with Gasteiger partial charge >= 0.3 is 0 Å². The third kappa shape index (κ3) is 4.61. The summed E-state index contributed by atoms with van der Waals surface area (Å²) in [6.07, 6.45) is 0.181. The van der Waals surface area contributed by atoms with Gasteiger partial charge in [-0.25, -0.2) is 4.68 Å². The fourth-order valence-electron chi connectivity index (χ4n) is 3.83. The van der Waals surface area contributed by atoms with E-state index in [1.54, 1.807) is 11.0 Å². The summed E-state index contributed by atoms with van der Waals surface area (Å²) >= 11 is 0. The molecule has 1 fully saturated rings. The molecule has 3 aromatic rings. The second kappa shape index (κ2) is 9.18. The molecule has 0 saturated carbocycles. The Morgan fingerprint density at radius 3 is 2.56 bits per heavy atom. The smallest absolute Gasteiger partial charge is 0.266 e. The highest BCUT2D eigenvalue weighted by Crippen LogP contribution is 2.26. The minimum Gasteiger partial charge on any atom is -0.354 e. The van der Waals surface area contributed by atoms with Crippen LogP contribution in [0.1, 0.15) is 17.5 Å². The van der Waals surface area contributed by atoms with E-state index in [0.29, 0.717) is 12.2 Å². The zero-order valence-electron chi connectivity index (χ0n) is 18.2. The van der Waals surface area contributed by atoms with E-state index in [1.165, 1.54) is 10.7 Å². The molecule has 0 aliphatic carbocycles. The third-order valence-corrected chi connectivity index (χ3v) is 5.86. The van der Waals surface area contributed by atoms with Crippen molar-refractivity contribution in [2.45, 2.75) is 26.8 Å². The fourth-order valence-corrected chi connectivity index (χ4v) is 3.83. The van der Waals surface area contributed by atoms with Gasteiger partial charge in [0.1, 0.15) is 0 Å². The number of hydrogen-bond donors (Lipinski definition) is 1. The zero-order valence-corrected chi connectivity index (χ0v) is 18.2. The molecule has 7 heteroatoms. The first-order valence-electron chi connectivity index (χ1n) is 10.7. The van der Waals surface area contributed by atoms with Crippen molar-refractivity contribution in [1.29, 1.82) is 0 Å². The van der Waals surface area contributed by atoms with Crippen molar-refractivity contribution >= 4 is 17.5 Å². The lowest BCUT2D eigenvalue weighted by Crippen LogP contribution is -2.36. The van der Waals surface area contributed by atoms with E-state index in [4.69, 9.17) is 0 Å². The molecule has 7 nitrogen and oxygen atoms in total. The molecule has 0 bridgehead atoms. The Hall–Kier alpha value is -3.74. The van der Waals surface area contributed by atoms with E-state index in [0.717, 1.165) is 22.4 Å². The van der Waals surface area contributed by atoms with Crippen LogP contribution in [0.2, 0.25) is 0 Å². The maximum atomic E-state index is 12.7. The molecule has 1 N–H and O–H groups in total. The van der Waals surface area contributed by atoms with Gasteiger partial charge in [-0.05, 0) is 43.2 Å². The summed E-state index contributed by atoms with van der Waals surface area (Å²) in [5.41, 5.74) is 4.48. The van der Waals surface area contributed by atoms with Gasteiger partial charge in [-0.15, -0.1) is 0 Å². The number of carbonyl (C=O) groups is 2. The van der Waals surface area contributed by atoms with E-state index in [1.807, 2.05) is 62.4 Å². The molecule has 2 heterocycles. The van der Waals surface area contributed by atoms with Gasteiger partial charge in [-0.1, -0.05) is 36.4 Å². The Balaban J connectivity index is 1.36. The number of anilines is 1. The second-order valence-electron chi connectivity index (χ2n) is 8.11. The largest absolute Gasteiger partial charge is 0.354 e. The summed E-state index contributed by atoms with van der Waals surface area (Å²) in [6, 6.07) is 18.7. The molecule has 4 rings (SSSR count). The van der Waals surface area contributed by atoms with Crippen LogP contribution in [0.5, 0.6) is 0 Å². The highest BCUT2D eigenvalue weighted by molar-refractivity contribution is 6.00. The van der Waals surface area contributed by atoms with Crippen LogP contribution in [-0.4, -0.2) is 34.7 Å². The van der Waals surface area contributed by atoms with E-state index in [9.17, 15) is 14.4 Å². The van der Waals surface area contributed by atoms with Gasteiger partial charge in [0.2, 0.25) is 11.8 Å². The molecule has 1 saturated heterocycles. The summed E-state index contributed by atoms with van der Waals surface area (Å²) in [7, 11) is 0. The van der Waals surface area contributed by atoms with Gasteiger partial charge in [0.25, 0.3) is 5.56 Å². The quantitative estimate of drug-likeness (QED) is 0.652. The summed E-state index contributed by atoms with van der Waals surface area (Å²) < 4.78 is 1.35. The van der Waals surface area contributed by atoms with Crippen molar-refractivity contribution in [3.05, 3.63) is 82.1 Å². The molecule has 1 unspecified atom stereocenters. The Labute approximate surface area is 186 Å². The summed E-state index contributed by atoms with van der Waals surface area (Å²) in [5, 5.41) is 7.26. The van der Waals surface area contributed by atoms with Crippen molar-refractivity contribution in [3.8, 4) is 11.3 Å². The molecule has 1 atom stereocenters. The second-order valence-corrected chi connectivity index (χ2v) is 8.11. The molecule has 0 spiro atoms. The molecule has 2 amide bonds. The fraction of sp³-hybridized carbons (Fsp3) is 0.280. The van der Waals surface area contributed by atoms with Crippen LogP contribution in [0.4, 0.5) is 5.69 Å². The lowest BCUT2D eigenvalue weighted by molar-refractivity contribution is -0.126. The van der Waals surface area contributed by atoms with Crippen molar-refractivity contribution in [1.82, 2.24) is 15.1 Å². The maximum absolute atomic E-state index is 12.7. The molecule has 0 radical (unpaired) electrons. The van der Waals surface area contributed by atoms with Crippen molar-refractivity contribution in [3.63, 3.8) is 0 Å². The summed E-state index contributed by atoms with van der Waals surface area (Å²) in [4.78, 5) is 39.0. The number of amides is 2. The molecule has 1 aliphatic heterocycles. The van der Waals surface area contributed by atoms with Crippen molar-refractivity contribution in [2.24, 2.45) is 5.92 Å². The highest BCUT2D eigenvalue weighted by Gasteiger charge is 2.35. The number of carbonyl (C=O) groups excluding carboxylic acids is 2. The van der Waals surface area contributed by atoms with Gasteiger partial charge in [0.15, 0.2) is 0 Å². The third-order valence-electron chi connectivity index (χ3n) is 5.86. The van der Waals surface area contributed by atoms with Crippen LogP contribution < -0.4 is 15.8 Å². The van der Waals surface area contributed by atoms with E-state index >= 15 is 0 Å². The lowest BCUT2D eigenvalue weighted by atomic mass is 10.1. The van der Waals surface area contributed by atoms with Gasteiger partial charge < -0.3 is 10.2 Å². The van der Waals surface area contributed by atoms with Crippen LogP contribution >= 0.6 is 0 Å². The summed E-state index contributed by atoms with van der Waals surface area (Å²) in [6.45, 7) is 4.91. The number of nitrogens with one attached hydrogen (secondary N) is 1. The van der Waals surface area contributed by atoms with Crippen LogP contribution in [0.25, 0.3) is 11.3 Å². The lowest BCUT2D eigenvalue weighted by Gasteiger charge is -2.18. The highest BCUT2D eigenvalue weighted by atomic mass is 16.2. The number of hydrogen-bond acceptors (Lipinski definition) is 4. The first kappa shape index (κ1) is 21.5. The molecule has 1 aliphatic rings. The molecule has 164 valence electrons. The van der Waals surface area contributed by atoms with Crippen LogP contribution in [-0.2, 0) is 16.1 Å². The number of aromatic nitrogens is 2. The van der Waals surface area contributed by atoms with Gasteiger partial charge in [0.05, 0.1) is 18.2 Å². The van der Waals surface area contributed by atoms with Crippen molar-refractivity contribution in [2.75, 3.05) is 18.0 Å². The molecule has 1 aromatic heterocycles. The number of nitrogens with zero attached hydrogens (tertiary/aromatic N) is 3. The monoisotopic (exact) mass is 430 g/mol. The number of rotatable bonds is 6. The number of benzene rings is 2. The first-order chi connectivity index (χ1) is 15.4. The number of aryl methyl sites for hydroxylation is 2. The summed E-state index contributed by atoms with van der Waals surface area (Å²) in [5.74, 6) is -0.650. The van der Waals surface area contributed by atoms with E-state index in [2.05, 4.69) is 10.4 Å². The van der Waals surface area contributed by atoms with Gasteiger partial charge in [-0.3, -0.25) is 14.4 Å². The Morgan fingerprint density at radius 2 is 1.81 bits per heavy atom. The average Bonchev–Trinajstić information content (AvgIpc) is 3.19. The average molecular weight is 431 g/mol. The molecular formula is C25H26N4O3. The molecule has 2 aromatic carbocycles. The minimum atomic E-state index is -0.413. The van der Waals surface area contributed by atoms with Crippen molar-refractivity contribution < 1.29 is 9.59 Å². The van der Waals surface area contributed by atoms with Crippen LogP contribution in [0.3, 0.4) is 0 Å². The van der Waals surface area contributed by atoms with Crippen LogP contribution in [0.15, 0.2) is 65.5 Å². The van der Waals surface area contributed by atoms with E-state index in [-0.39, 0.29) is 36.9 Å². The standard InChI is InChI=1S/C25H26N4O3/c1-17-8-9-21(14-18(17)2)28-16-20(15-24(28)31)25(32)26-12-13-29-23(30)11-10-22(27-29)19-6-4-3-5-7-19/h3-11,14,20H,12-13,15-16H2,1-2H3,(H,26,32). The van der Waals surface area contributed by atoms with E-state index < -0.39 is 5.92 Å². The Bertz CT molecular complexity index is 1200. The molecular weight excluding hydrogens is 404 g/mol. The minimum absolute atomic E-state index is 0.0538. The normalized spacial score (nSPS) is 15.8. The SMILES string of the molecule is Cc1ccc(N2CC(C(=O)NCCn3nc(-c4ccccc4)ccc3=O)CC2=O)cc1C. The Kier molecular flexibility index (Phi) is 6.16. The Morgan fingerprint density at radius 1 is 1.03 bits per heavy atom. The first-order valence-corrected chi connectivity index (χ1v) is 10.7. The van der Waals surface area contributed by atoms with Gasteiger partial charge in [0, 0.05) is 36.8 Å². The van der Waals surface area contributed by atoms with Gasteiger partial charge in [-0.2, -0.15) is 5.10 Å². The van der Waals surface area contributed by atoms with Crippen LogP contribution in [0, 0.1) is 19.8 Å².